The average molecular weight is 412 g/mol. The summed E-state index contributed by atoms with van der Waals surface area (Å²) >= 11 is 1.27. The number of rotatable bonds is 6. The topological polar surface area (TPSA) is 86.8 Å². The van der Waals surface area contributed by atoms with Gasteiger partial charge in [0.15, 0.2) is 0 Å². The SMILES string of the molecule is Cc1ccc(S(=O)(=O)N2CCCCC2)cc1NC(=O)CCN1CCSC1=O. The van der Waals surface area contributed by atoms with E-state index in [1.54, 1.807) is 17.0 Å². The lowest BCUT2D eigenvalue weighted by Gasteiger charge is -2.26. The molecule has 27 heavy (non-hydrogen) atoms. The summed E-state index contributed by atoms with van der Waals surface area (Å²) in [7, 11) is -3.54. The van der Waals surface area contributed by atoms with Gasteiger partial charge in [-0.1, -0.05) is 24.2 Å². The van der Waals surface area contributed by atoms with E-state index in [0.717, 1.165) is 30.6 Å². The number of hydrogen-bond donors (Lipinski definition) is 1. The van der Waals surface area contributed by atoms with Crippen molar-refractivity contribution >= 4 is 38.6 Å². The van der Waals surface area contributed by atoms with Crippen LogP contribution in [0.4, 0.5) is 10.5 Å². The summed E-state index contributed by atoms with van der Waals surface area (Å²) in [5, 5.41) is 2.81. The summed E-state index contributed by atoms with van der Waals surface area (Å²) in [4.78, 5) is 25.7. The first-order chi connectivity index (χ1) is 12.9. The van der Waals surface area contributed by atoms with Gasteiger partial charge >= 0.3 is 0 Å². The van der Waals surface area contributed by atoms with E-state index < -0.39 is 10.0 Å². The smallest absolute Gasteiger partial charge is 0.281 e. The Balaban J connectivity index is 1.67. The zero-order valence-electron chi connectivity index (χ0n) is 15.4. The second kappa shape index (κ2) is 8.62. The number of carbonyl (C=O) groups excluding carboxylic acids is 2. The van der Waals surface area contributed by atoms with E-state index in [4.69, 9.17) is 0 Å². The molecular weight excluding hydrogens is 386 g/mol. The summed E-state index contributed by atoms with van der Waals surface area (Å²) < 4.78 is 27.2. The fourth-order valence-corrected chi connectivity index (χ4v) is 5.62. The van der Waals surface area contributed by atoms with E-state index in [-0.39, 0.29) is 22.5 Å². The molecule has 3 rings (SSSR count). The summed E-state index contributed by atoms with van der Waals surface area (Å²) in [5.74, 6) is 0.533. The zero-order valence-corrected chi connectivity index (χ0v) is 17.1. The van der Waals surface area contributed by atoms with Gasteiger partial charge < -0.3 is 10.2 Å². The van der Waals surface area contributed by atoms with Crippen LogP contribution >= 0.6 is 11.8 Å². The summed E-state index contributed by atoms with van der Waals surface area (Å²) in [6, 6.07) is 4.84. The number of amides is 2. The predicted molar refractivity (Wildman–Crippen MR) is 106 cm³/mol. The third-order valence-corrected chi connectivity index (χ3v) is 7.68. The third kappa shape index (κ3) is 4.83. The quantitative estimate of drug-likeness (QED) is 0.778. The van der Waals surface area contributed by atoms with Crippen LogP contribution in [0.15, 0.2) is 23.1 Å². The Morgan fingerprint density at radius 1 is 1.19 bits per heavy atom. The Hall–Kier alpha value is -1.58. The molecule has 0 spiro atoms. The predicted octanol–water partition coefficient (Wildman–Crippen LogP) is 2.67. The lowest BCUT2D eigenvalue weighted by atomic mass is 10.2. The summed E-state index contributed by atoms with van der Waals surface area (Å²) in [6.45, 7) is 3.95. The van der Waals surface area contributed by atoms with Gasteiger partial charge in [-0.05, 0) is 37.5 Å². The molecule has 2 fully saturated rings. The number of piperidine rings is 1. The van der Waals surface area contributed by atoms with Gasteiger partial charge in [0, 0.05) is 44.0 Å². The maximum absolute atomic E-state index is 12.8. The van der Waals surface area contributed by atoms with Crippen LogP contribution in [0.1, 0.15) is 31.2 Å². The van der Waals surface area contributed by atoms with Crippen LogP contribution in [0.5, 0.6) is 0 Å². The molecule has 7 nitrogen and oxygen atoms in total. The number of sulfonamides is 1. The number of nitrogens with one attached hydrogen (secondary N) is 1. The fourth-order valence-electron chi connectivity index (χ4n) is 3.23. The minimum absolute atomic E-state index is 0.00797. The van der Waals surface area contributed by atoms with Crippen LogP contribution in [0, 0.1) is 6.92 Å². The van der Waals surface area contributed by atoms with E-state index >= 15 is 0 Å². The van der Waals surface area contributed by atoms with Crippen molar-refractivity contribution < 1.29 is 18.0 Å². The van der Waals surface area contributed by atoms with Gasteiger partial charge in [0.2, 0.25) is 15.9 Å². The van der Waals surface area contributed by atoms with Gasteiger partial charge in [0.05, 0.1) is 4.90 Å². The van der Waals surface area contributed by atoms with Crippen molar-refractivity contribution in [2.75, 3.05) is 37.2 Å². The first-order valence-corrected chi connectivity index (χ1v) is 11.6. The maximum atomic E-state index is 12.8. The van der Waals surface area contributed by atoms with Crippen molar-refractivity contribution in [3.63, 3.8) is 0 Å². The Kier molecular flexibility index (Phi) is 6.44. The second-order valence-electron chi connectivity index (χ2n) is 6.84. The van der Waals surface area contributed by atoms with Gasteiger partial charge in [-0.25, -0.2) is 8.42 Å². The highest BCUT2D eigenvalue weighted by Crippen LogP contribution is 2.25. The Morgan fingerprint density at radius 3 is 2.59 bits per heavy atom. The molecule has 2 aliphatic rings. The van der Waals surface area contributed by atoms with E-state index in [2.05, 4.69) is 5.32 Å². The number of carbonyl (C=O) groups is 2. The van der Waals surface area contributed by atoms with Crippen molar-refractivity contribution in [2.24, 2.45) is 0 Å². The van der Waals surface area contributed by atoms with Crippen LogP contribution in [-0.4, -0.2) is 60.7 Å². The van der Waals surface area contributed by atoms with Crippen molar-refractivity contribution in [3.8, 4) is 0 Å². The molecule has 0 unspecified atom stereocenters. The minimum atomic E-state index is -3.54. The van der Waals surface area contributed by atoms with Crippen LogP contribution in [0.25, 0.3) is 0 Å². The van der Waals surface area contributed by atoms with Crippen LogP contribution in [-0.2, 0) is 14.8 Å². The fraction of sp³-hybridized carbons (Fsp3) is 0.556. The molecule has 0 saturated carbocycles. The maximum Gasteiger partial charge on any atom is 0.281 e. The molecule has 1 N–H and O–H groups in total. The van der Waals surface area contributed by atoms with Crippen LogP contribution in [0.3, 0.4) is 0 Å². The first-order valence-electron chi connectivity index (χ1n) is 9.20. The molecule has 2 saturated heterocycles. The van der Waals surface area contributed by atoms with Crippen molar-refractivity contribution in [1.29, 1.82) is 0 Å². The Labute approximate surface area is 164 Å². The lowest BCUT2D eigenvalue weighted by Crippen LogP contribution is -2.35. The normalized spacial score (nSPS) is 18.7. The van der Waals surface area contributed by atoms with Gasteiger partial charge in [-0.15, -0.1) is 0 Å². The highest BCUT2D eigenvalue weighted by atomic mass is 32.2. The number of benzene rings is 1. The highest BCUT2D eigenvalue weighted by Gasteiger charge is 2.26. The molecule has 0 radical (unpaired) electrons. The molecule has 0 bridgehead atoms. The molecule has 2 amide bonds. The molecule has 0 atom stereocenters. The van der Waals surface area contributed by atoms with Gasteiger partial charge in [0.25, 0.3) is 5.24 Å². The molecule has 1 aromatic rings. The standard InChI is InChI=1S/C18H25N3O4S2/c1-14-5-6-15(27(24,25)21-8-3-2-4-9-21)13-16(14)19-17(22)7-10-20-11-12-26-18(20)23/h5-6,13H,2-4,7-12H2,1H3,(H,19,22). The molecule has 0 aromatic heterocycles. The van der Waals surface area contributed by atoms with Crippen molar-refractivity contribution in [1.82, 2.24) is 9.21 Å². The summed E-state index contributed by atoms with van der Waals surface area (Å²) in [6.07, 6.45) is 3.00. The van der Waals surface area contributed by atoms with Crippen LogP contribution in [0.2, 0.25) is 0 Å². The van der Waals surface area contributed by atoms with E-state index in [0.29, 0.717) is 31.9 Å². The van der Waals surface area contributed by atoms with Crippen molar-refractivity contribution in [3.05, 3.63) is 23.8 Å². The van der Waals surface area contributed by atoms with E-state index in [1.807, 2.05) is 6.92 Å². The van der Waals surface area contributed by atoms with Crippen molar-refractivity contribution in [2.45, 2.75) is 37.5 Å². The third-order valence-electron chi connectivity index (χ3n) is 4.89. The number of hydrogen-bond acceptors (Lipinski definition) is 5. The molecule has 2 aliphatic heterocycles. The minimum Gasteiger partial charge on any atom is -0.332 e. The van der Waals surface area contributed by atoms with E-state index in [9.17, 15) is 18.0 Å². The first kappa shape index (κ1) is 20.2. The Morgan fingerprint density at radius 2 is 1.93 bits per heavy atom. The summed E-state index contributed by atoms with van der Waals surface area (Å²) in [5.41, 5.74) is 1.30. The molecule has 148 valence electrons. The number of nitrogens with zero attached hydrogens (tertiary/aromatic N) is 2. The van der Waals surface area contributed by atoms with E-state index in [1.165, 1.54) is 22.1 Å². The lowest BCUT2D eigenvalue weighted by molar-refractivity contribution is -0.116. The molecule has 0 aliphatic carbocycles. The number of aryl methyl sites for hydroxylation is 1. The monoisotopic (exact) mass is 411 g/mol. The largest absolute Gasteiger partial charge is 0.332 e. The second-order valence-corrected chi connectivity index (χ2v) is 9.83. The zero-order chi connectivity index (χ0) is 19.4. The van der Waals surface area contributed by atoms with Crippen LogP contribution < -0.4 is 5.32 Å². The molecule has 2 heterocycles. The molecule has 1 aromatic carbocycles. The average Bonchev–Trinajstić information content (AvgIpc) is 3.07. The molecular formula is C18H25N3O4S2. The molecule has 9 heteroatoms. The number of anilines is 1. The highest BCUT2D eigenvalue weighted by molar-refractivity contribution is 8.13. The van der Waals surface area contributed by atoms with Gasteiger partial charge in [-0.3, -0.25) is 9.59 Å². The van der Waals surface area contributed by atoms with Gasteiger partial charge in [0.1, 0.15) is 0 Å². The number of thioether (sulfide) groups is 1. The Bertz CT molecular complexity index is 820. The van der Waals surface area contributed by atoms with Gasteiger partial charge in [-0.2, -0.15) is 4.31 Å².